The topological polar surface area (TPSA) is 63.7 Å². The largest absolute Gasteiger partial charge is 0.462 e. The van der Waals surface area contributed by atoms with Crippen molar-refractivity contribution in [1.82, 2.24) is 4.31 Å². The molecule has 0 radical (unpaired) electrons. The Hall–Kier alpha value is -1.05. The first kappa shape index (κ1) is 16.3. The normalized spacial score (nSPS) is 19.9. The van der Waals surface area contributed by atoms with Crippen molar-refractivity contribution in [3.05, 3.63) is 29.8 Å². The maximum absolute atomic E-state index is 12.7. The van der Waals surface area contributed by atoms with Crippen molar-refractivity contribution < 1.29 is 17.9 Å². The molecule has 1 heterocycles. The summed E-state index contributed by atoms with van der Waals surface area (Å²) in [6.45, 7) is 5.39. The Morgan fingerprint density at radius 3 is 2.52 bits per heavy atom. The highest BCUT2D eigenvalue weighted by Gasteiger charge is 2.41. The van der Waals surface area contributed by atoms with E-state index in [1.54, 1.807) is 38.1 Å². The van der Waals surface area contributed by atoms with Crippen LogP contribution in [0.4, 0.5) is 0 Å². The highest BCUT2D eigenvalue weighted by molar-refractivity contribution is 8.00. The zero-order valence-electron chi connectivity index (χ0n) is 12.3. The molecule has 1 atom stereocenters. The highest BCUT2D eigenvalue weighted by Crippen LogP contribution is 2.29. The van der Waals surface area contributed by atoms with Crippen molar-refractivity contribution in [2.75, 3.05) is 11.6 Å². The fraction of sp³-hybridized carbons (Fsp3) is 0.500. The van der Waals surface area contributed by atoms with Crippen molar-refractivity contribution in [2.24, 2.45) is 0 Å². The quantitative estimate of drug-likeness (QED) is 0.791. The number of sulfonamides is 1. The van der Waals surface area contributed by atoms with E-state index in [0.29, 0.717) is 5.75 Å². The molecule has 1 aromatic carbocycles. The summed E-state index contributed by atoms with van der Waals surface area (Å²) in [6.07, 6.45) is -0.257. The van der Waals surface area contributed by atoms with Crippen LogP contribution < -0.4 is 0 Å². The second-order valence-electron chi connectivity index (χ2n) is 5.21. The molecule has 0 aromatic heterocycles. The molecule has 5 nitrogen and oxygen atoms in total. The van der Waals surface area contributed by atoms with Crippen LogP contribution in [0.25, 0.3) is 0 Å². The number of nitrogens with zero attached hydrogens (tertiary/aromatic N) is 1. The number of aryl methyl sites for hydroxylation is 1. The zero-order chi connectivity index (χ0) is 15.6. The third kappa shape index (κ3) is 3.59. The minimum absolute atomic E-state index is 0.206. The van der Waals surface area contributed by atoms with Gasteiger partial charge in [-0.05, 0) is 32.9 Å². The van der Waals surface area contributed by atoms with Gasteiger partial charge in [0, 0.05) is 5.75 Å². The van der Waals surface area contributed by atoms with Gasteiger partial charge in [-0.15, -0.1) is 11.8 Å². The average Bonchev–Trinajstić information content (AvgIpc) is 2.88. The molecule has 21 heavy (non-hydrogen) atoms. The van der Waals surface area contributed by atoms with Gasteiger partial charge >= 0.3 is 5.97 Å². The molecule has 2 rings (SSSR count). The first-order valence-electron chi connectivity index (χ1n) is 6.69. The van der Waals surface area contributed by atoms with Gasteiger partial charge < -0.3 is 4.74 Å². The third-order valence-electron chi connectivity index (χ3n) is 3.09. The maximum atomic E-state index is 12.7. The fourth-order valence-corrected chi connectivity index (χ4v) is 5.13. The minimum Gasteiger partial charge on any atom is -0.462 e. The predicted molar refractivity (Wildman–Crippen MR) is 82.5 cm³/mol. The molecule has 1 aromatic rings. The number of benzene rings is 1. The summed E-state index contributed by atoms with van der Waals surface area (Å²) in [5.41, 5.74) is 0.987. The van der Waals surface area contributed by atoms with E-state index in [4.69, 9.17) is 4.74 Å². The monoisotopic (exact) mass is 329 g/mol. The highest BCUT2D eigenvalue weighted by atomic mass is 32.2. The summed E-state index contributed by atoms with van der Waals surface area (Å²) in [5, 5.41) is 0. The van der Waals surface area contributed by atoms with Crippen molar-refractivity contribution in [2.45, 2.75) is 37.8 Å². The van der Waals surface area contributed by atoms with E-state index in [2.05, 4.69) is 0 Å². The van der Waals surface area contributed by atoms with Crippen molar-refractivity contribution in [3.8, 4) is 0 Å². The minimum atomic E-state index is -3.67. The van der Waals surface area contributed by atoms with E-state index >= 15 is 0 Å². The average molecular weight is 329 g/mol. The van der Waals surface area contributed by atoms with Gasteiger partial charge in [-0.1, -0.05) is 17.7 Å². The Kier molecular flexibility index (Phi) is 4.95. The molecule has 116 valence electrons. The Balaban J connectivity index is 2.26. The second kappa shape index (κ2) is 6.37. The van der Waals surface area contributed by atoms with Gasteiger partial charge in [-0.2, -0.15) is 4.31 Å². The van der Waals surface area contributed by atoms with Crippen molar-refractivity contribution >= 4 is 27.8 Å². The molecule has 0 aliphatic carbocycles. The lowest BCUT2D eigenvalue weighted by Crippen LogP contribution is -2.43. The van der Waals surface area contributed by atoms with Crippen LogP contribution in [0.3, 0.4) is 0 Å². The molecular formula is C14H19NO4S2. The molecule has 1 unspecified atom stereocenters. The Labute approximate surface area is 129 Å². The second-order valence-corrected chi connectivity index (χ2v) is 8.10. The number of hydrogen-bond donors (Lipinski definition) is 0. The van der Waals surface area contributed by atoms with Gasteiger partial charge in [0.25, 0.3) is 0 Å². The van der Waals surface area contributed by atoms with Crippen LogP contribution in [0.1, 0.15) is 19.4 Å². The number of rotatable bonds is 4. The Morgan fingerprint density at radius 1 is 1.33 bits per heavy atom. The molecule has 7 heteroatoms. The van der Waals surface area contributed by atoms with Crippen molar-refractivity contribution in [1.29, 1.82) is 0 Å². The van der Waals surface area contributed by atoms with Crippen LogP contribution in [-0.4, -0.2) is 42.5 Å². The SMILES string of the molecule is Cc1ccc(S(=O)(=O)N2CSCC2C(=O)OC(C)C)cc1. The van der Waals surface area contributed by atoms with Crippen LogP contribution in [0, 0.1) is 6.92 Å². The molecule has 0 N–H and O–H groups in total. The molecule has 1 fully saturated rings. The van der Waals surface area contributed by atoms with Gasteiger partial charge in [-0.3, -0.25) is 4.79 Å². The van der Waals surface area contributed by atoms with Crippen LogP contribution in [0.2, 0.25) is 0 Å². The summed E-state index contributed by atoms with van der Waals surface area (Å²) in [7, 11) is -3.67. The number of hydrogen-bond acceptors (Lipinski definition) is 5. The molecule has 1 aliphatic heterocycles. The van der Waals surface area contributed by atoms with Crippen LogP contribution >= 0.6 is 11.8 Å². The first-order valence-corrected chi connectivity index (χ1v) is 9.28. The van der Waals surface area contributed by atoms with Crippen LogP contribution in [0.5, 0.6) is 0 Å². The Bertz CT molecular complexity index is 610. The van der Waals surface area contributed by atoms with E-state index in [1.807, 2.05) is 6.92 Å². The number of carbonyl (C=O) groups excluding carboxylic acids is 1. The summed E-state index contributed by atoms with van der Waals surface area (Å²) in [6, 6.07) is 5.88. The lowest BCUT2D eigenvalue weighted by Gasteiger charge is -2.22. The van der Waals surface area contributed by atoms with E-state index in [9.17, 15) is 13.2 Å². The van der Waals surface area contributed by atoms with E-state index < -0.39 is 22.0 Å². The standard InChI is InChI=1S/C14H19NO4S2/c1-10(2)19-14(16)13-8-20-9-15(13)21(17,18)12-6-4-11(3)5-7-12/h4-7,10,13H,8-9H2,1-3H3. The summed E-state index contributed by atoms with van der Waals surface area (Å²) in [4.78, 5) is 12.3. The van der Waals surface area contributed by atoms with Gasteiger partial charge in [0.05, 0.1) is 16.9 Å². The third-order valence-corrected chi connectivity index (χ3v) is 6.14. The number of ether oxygens (including phenoxy) is 1. The smallest absolute Gasteiger partial charge is 0.325 e. The summed E-state index contributed by atoms with van der Waals surface area (Å²) >= 11 is 1.42. The molecule has 1 aliphatic rings. The van der Waals surface area contributed by atoms with E-state index in [0.717, 1.165) is 5.56 Å². The van der Waals surface area contributed by atoms with Crippen LogP contribution in [0.15, 0.2) is 29.2 Å². The lowest BCUT2D eigenvalue weighted by atomic mass is 10.2. The molecule has 0 amide bonds. The zero-order valence-corrected chi connectivity index (χ0v) is 13.9. The van der Waals surface area contributed by atoms with Crippen LogP contribution in [-0.2, 0) is 19.6 Å². The molecule has 0 bridgehead atoms. The Morgan fingerprint density at radius 2 is 1.95 bits per heavy atom. The van der Waals surface area contributed by atoms with E-state index in [1.165, 1.54) is 16.1 Å². The van der Waals surface area contributed by atoms with Gasteiger partial charge in [0.15, 0.2) is 0 Å². The molecule has 0 saturated carbocycles. The predicted octanol–water partition coefficient (Wildman–Crippen LogP) is 2.01. The summed E-state index contributed by atoms with van der Waals surface area (Å²) in [5.74, 6) is 0.218. The molecule has 1 saturated heterocycles. The number of thioether (sulfide) groups is 1. The van der Waals surface area contributed by atoms with Gasteiger partial charge in [0.2, 0.25) is 10.0 Å². The maximum Gasteiger partial charge on any atom is 0.325 e. The number of esters is 1. The lowest BCUT2D eigenvalue weighted by molar-refractivity contribution is -0.150. The fourth-order valence-electron chi connectivity index (χ4n) is 2.01. The van der Waals surface area contributed by atoms with E-state index in [-0.39, 0.29) is 16.9 Å². The summed E-state index contributed by atoms with van der Waals surface area (Å²) < 4.78 is 31.7. The molecule has 0 spiro atoms. The van der Waals surface area contributed by atoms with Crippen molar-refractivity contribution in [3.63, 3.8) is 0 Å². The first-order chi connectivity index (χ1) is 9.82. The van der Waals surface area contributed by atoms with Gasteiger partial charge in [0.1, 0.15) is 6.04 Å². The molecular weight excluding hydrogens is 310 g/mol. The van der Waals surface area contributed by atoms with Gasteiger partial charge in [-0.25, -0.2) is 8.42 Å². The number of carbonyl (C=O) groups is 1.